The lowest BCUT2D eigenvalue weighted by Gasteiger charge is -2.36. The zero-order valence-corrected chi connectivity index (χ0v) is 23.9. The topological polar surface area (TPSA) is 57.9 Å². The fourth-order valence-electron chi connectivity index (χ4n) is 4.44. The maximum atomic E-state index is 13.2. The summed E-state index contributed by atoms with van der Waals surface area (Å²) in [6.45, 7) is 17.0. The average Bonchev–Trinajstić information content (AvgIpc) is 2.83. The molecular weight excluding hydrogens is 468 g/mol. The normalized spacial score (nSPS) is 14.0. The highest BCUT2D eigenvalue weighted by atomic mass is 28.4. The molecule has 1 aromatic heterocycles. The Morgan fingerprint density at radius 3 is 2.58 bits per heavy atom. The van der Waals surface area contributed by atoms with Crippen LogP contribution in [0.25, 0.3) is 21.9 Å². The molecule has 1 aliphatic heterocycles. The van der Waals surface area contributed by atoms with Crippen molar-refractivity contribution in [2.45, 2.75) is 85.0 Å². The molecule has 6 heteroatoms. The van der Waals surface area contributed by atoms with Crippen LogP contribution < -0.4 is 15.1 Å². The third-order valence-corrected chi connectivity index (χ3v) is 12.2. The Bertz CT molecular complexity index is 1300. The molecule has 1 aliphatic rings. The molecule has 0 amide bonds. The number of fused-ring (bicyclic) bond motifs is 2. The van der Waals surface area contributed by atoms with Gasteiger partial charge < -0.3 is 18.3 Å². The van der Waals surface area contributed by atoms with Gasteiger partial charge in [0, 0.05) is 10.9 Å². The van der Waals surface area contributed by atoms with Gasteiger partial charge in [-0.15, -0.1) is 0 Å². The minimum Gasteiger partial charge on any atom is -0.494 e. The van der Waals surface area contributed by atoms with E-state index in [1.165, 1.54) is 11.1 Å². The Kier molecular flexibility index (Phi) is 7.67. The lowest BCUT2D eigenvalue weighted by molar-refractivity contribution is 0.241. The van der Waals surface area contributed by atoms with Crippen LogP contribution in [0.2, 0.25) is 18.1 Å². The predicted octanol–water partition coefficient (Wildman–Crippen LogP) is 7.79. The summed E-state index contributed by atoms with van der Waals surface area (Å²) in [5.41, 5.74) is 4.02. The van der Waals surface area contributed by atoms with Crippen LogP contribution in [-0.2, 0) is 17.5 Å². The zero-order chi connectivity index (χ0) is 26.1. The van der Waals surface area contributed by atoms with Crippen LogP contribution in [0.15, 0.2) is 39.5 Å². The van der Waals surface area contributed by atoms with E-state index in [0.717, 1.165) is 54.6 Å². The smallest absolute Gasteiger partial charge is 0.344 e. The molecule has 0 fully saturated rings. The first-order valence-corrected chi connectivity index (χ1v) is 16.1. The first-order chi connectivity index (χ1) is 17.0. The second kappa shape index (κ2) is 10.4. The average molecular weight is 509 g/mol. The van der Waals surface area contributed by atoms with Gasteiger partial charge in [0.15, 0.2) is 8.32 Å². The van der Waals surface area contributed by atoms with E-state index in [9.17, 15) is 4.79 Å². The van der Waals surface area contributed by atoms with Crippen LogP contribution in [-0.4, -0.2) is 21.5 Å². The highest BCUT2D eigenvalue weighted by Gasteiger charge is 2.37. The van der Waals surface area contributed by atoms with Crippen molar-refractivity contribution in [1.29, 1.82) is 0 Å². The van der Waals surface area contributed by atoms with E-state index in [0.29, 0.717) is 23.5 Å². The van der Waals surface area contributed by atoms with Crippen molar-refractivity contribution in [3.63, 3.8) is 0 Å². The van der Waals surface area contributed by atoms with Gasteiger partial charge in [0.25, 0.3) is 0 Å². The molecule has 0 radical (unpaired) electrons. The number of unbranched alkanes of at least 4 members (excludes halogenated alkanes) is 1. The fourth-order valence-corrected chi connectivity index (χ4v) is 5.37. The third kappa shape index (κ3) is 5.25. The lowest BCUT2D eigenvalue weighted by atomic mass is 9.90. The highest BCUT2D eigenvalue weighted by molar-refractivity contribution is 6.74. The molecule has 4 rings (SSSR count). The van der Waals surface area contributed by atoms with Crippen LogP contribution in [0, 0.1) is 6.92 Å². The molecule has 0 saturated carbocycles. The predicted molar refractivity (Wildman–Crippen MR) is 149 cm³/mol. The molecule has 3 aromatic rings. The Balaban J connectivity index is 1.88. The van der Waals surface area contributed by atoms with Crippen molar-refractivity contribution in [2.75, 3.05) is 13.2 Å². The molecule has 0 N–H and O–H groups in total. The molecule has 0 saturated heterocycles. The molecule has 2 heterocycles. The Morgan fingerprint density at radius 1 is 1.08 bits per heavy atom. The summed E-state index contributed by atoms with van der Waals surface area (Å²) in [5, 5.41) is 1.44. The van der Waals surface area contributed by atoms with Crippen LogP contribution in [0.4, 0.5) is 0 Å². The number of benzene rings is 2. The molecular formula is C30H40O5Si. The van der Waals surface area contributed by atoms with Gasteiger partial charge in [0.1, 0.15) is 17.3 Å². The Hall–Kier alpha value is -2.57. The molecule has 0 unspecified atom stereocenters. The van der Waals surface area contributed by atoms with E-state index < -0.39 is 8.32 Å². The summed E-state index contributed by atoms with van der Waals surface area (Å²) in [4.78, 5) is 13.2. The fraction of sp³-hybridized carbons (Fsp3) is 0.500. The molecule has 36 heavy (non-hydrogen) atoms. The van der Waals surface area contributed by atoms with Gasteiger partial charge in [-0.3, -0.25) is 0 Å². The van der Waals surface area contributed by atoms with Crippen molar-refractivity contribution in [3.8, 4) is 22.6 Å². The van der Waals surface area contributed by atoms with Gasteiger partial charge in [-0.05, 0) is 85.3 Å². The number of hydrogen-bond acceptors (Lipinski definition) is 5. The van der Waals surface area contributed by atoms with E-state index in [-0.39, 0.29) is 17.3 Å². The summed E-state index contributed by atoms with van der Waals surface area (Å²) in [6.07, 6.45) is 4.01. The van der Waals surface area contributed by atoms with E-state index in [1.807, 2.05) is 18.2 Å². The van der Waals surface area contributed by atoms with Gasteiger partial charge >= 0.3 is 5.63 Å². The molecule has 0 aliphatic carbocycles. The van der Waals surface area contributed by atoms with Gasteiger partial charge in [0.2, 0.25) is 0 Å². The Labute approximate surface area is 215 Å². The van der Waals surface area contributed by atoms with Crippen molar-refractivity contribution in [3.05, 3.63) is 57.6 Å². The largest absolute Gasteiger partial charge is 0.494 e. The summed E-state index contributed by atoms with van der Waals surface area (Å²) >= 11 is 0. The number of hydrogen-bond donors (Lipinski definition) is 0. The second-order valence-electron chi connectivity index (χ2n) is 11.3. The Morgan fingerprint density at radius 2 is 1.86 bits per heavy atom. The van der Waals surface area contributed by atoms with Crippen molar-refractivity contribution in [1.82, 2.24) is 0 Å². The van der Waals surface area contributed by atoms with E-state index >= 15 is 0 Å². The molecule has 194 valence electrons. The van der Waals surface area contributed by atoms with Gasteiger partial charge in [-0.2, -0.15) is 0 Å². The second-order valence-corrected chi connectivity index (χ2v) is 16.1. The molecule has 0 spiro atoms. The van der Waals surface area contributed by atoms with Crippen molar-refractivity contribution < 1.29 is 18.3 Å². The number of rotatable bonds is 8. The lowest BCUT2D eigenvalue weighted by Crippen LogP contribution is -2.40. The quantitative estimate of drug-likeness (QED) is 0.229. The molecule has 0 bridgehead atoms. The zero-order valence-electron chi connectivity index (χ0n) is 22.9. The highest BCUT2D eigenvalue weighted by Crippen LogP contribution is 2.41. The van der Waals surface area contributed by atoms with Gasteiger partial charge in [0.05, 0.1) is 25.2 Å². The van der Waals surface area contributed by atoms with Crippen molar-refractivity contribution in [2.24, 2.45) is 0 Å². The van der Waals surface area contributed by atoms with E-state index in [2.05, 4.69) is 59.8 Å². The van der Waals surface area contributed by atoms with Crippen LogP contribution >= 0.6 is 0 Å². The summed E-state index contributed by atoms with van der Waals surface area (Å²) in [7, 11) is -2.06. The summed E-state index contributed by atoms with van der Waals surface area (Å²) in [5.74, 6) is 2.22. The summed E-state index contributed by atoms with van der Waals surface area (Å²) < 4.78 is 24.4. The molecule has 2 aromatic carbocycles. The first-order valence-electron chi connectivity index (χ1n) is 13.2. The SMILES string of the molecule is CCCCOc1ccc2c(-c3ccc4c(c3C)CCCO4)c(CO[Si](C)(C)C(C)(C)C)oc(=O)c2c1. The third-order valence-electron chi connectivity index (χ3n) is 7.77. The first kappa shape index (κ1) is 26.5. The minimum atomic E-state index is -2.06. The monoisotopic (exact) mass is 508 g/mol. The van der Waals surface area contributed by atoms with Crippen LogP contribution in [0.1, 0.15) is 63.8 Å². The van der Waals surface area contributed by atoms with Crippen LogP contribution in [0.5, 0.6) is 11.5 Å². The van der Waals surface area contributed by atoms with Gasteiger partial charge in [-0.25, -0.2) is 4.79 Å². The van der Waals surface area contributed by atoms with Crippen molar-refractivity contribution >= 4 is 19.1 Å². The van der Waals surface area contributed by atoms with E-state index in [4.69, 9.17) is 18.3 Å². The summed E-state index contributed by atoms with van der Waals surface area (Å²) in [6, 6.07) is 9.91. The van der Waals surface area contributed by atoms with Crippen LogP contribution in [0.3, 0.4) is 0 Å². The minimum absolute atomic E-state index is 0.0497. The maximum absolute atomic E-state index is 13.2. The standard InChI is InChI=1S/C30H40O5Si/c1-8-9-16-32-21-12-13-24-25(18-21)29(31)35-27(19-34-36(6,7)30(3,4)5)28(24)23-14-15-26-22(20(23)2)11-10-17-33-26/h12-15,18H,8-11,16-17,19H2,1-7H3. The number of ether oxygens (including phenoxy) is 2. The molecule has 5 nitrogen and oxygen atoms in total. The maximum Gasteiger partial charge on any atom is 0.344 e. The molecule has 0 atom stereocenters. The van der Waals surface area contributed by atoms with E-state index in [1.54, 1.807) is 0 Å². The van der Waals surface area contributed by atoms with Gasteiger partial charge in [-0.1, -0.05) is 40.2 Å².